The molecule has 27 heavy (non-hydrogen) atoms. The van der Waals surface area contributed by atoms with Gasteiger partial charge >= 0.3 is 0 Å². The number of rotatable bonds is 5. The van der Waals surface area contributed by atoms with Crippen LogP contribution in [0.4, 0.5) is 4.39 Å². The van der Waals surface area contributed by atoms with Gasteiger partial charge in [-0.15, -0.1) is 0 Å². The minimum atomic E-state index is -0.619. The Bertz CT molecular complexity index is 1150. The van der Waals surface area contributed by atoms with Gasteiger partial charge in [0.25, 0.3) is 5.88 Å². The molecule has 7 nitrogen and oxygen atoms in total. The lowest BCUT2D eigenvalue weighted by atomic mass is 10.1. The van der Waals surface area contributed by atoms with E-state index in [0.29, 0.717) is 32.3 Å². The quantitative estimate of drug-likeness (QED) is 0.563. The predicted molar refractivity (Wildman–Crippen MR) is 99.8 cm³/mol. The van der Waals surface area contributed by atoms with Crippen LogP contribution in [0.25, 0.3) is 32.0 Å². The summed E-state index contributed by atoms with van der Waals surface area (Å²) >= 11 is 1.31. The Morgan fingerprint density at radius 3 is 2.78 bits per heavy atom. The molecule has 1 aromatic carbocycles. The van der Waals surface area contributed by atoms with Gasteiger partial charge in [0, 0.05) is 11.6 Å². The summed E-state index contributed by atoms with van der Waals surface area (Å²) in [6.07, 6.45) is 1.55. The Morgan fingerprint density at radius 1 is 1.15 bits per heavy atom. The Morgan fingerprint density at radius 2 is 2.00 bits per heavy atom. The molecule has 0 bridgehead atoms. The maximum absolute atomic E-state index is 14.1. The number of aliphatic hydroxyl groups excluding tert-OH is 1. The molecule has 3 aromatic heterocycles. The number of ether oxygens (including phenoxy) is 2. The maximum atomic E-state index is 14.1. The standard InChI is InChI=1S/C18H15FN4O3S/c1-9-5-10(15-12(6-9)21-14(25-2)8-20-15)17-22-13-7-11(19)16(26-4-3-24)23-18(13)27-17/h5-8,24H,3-4H2,1-2H3. The van der Waals surface area contributed by atoms with Crippen LogP contribution in [0, 0.1) is 12.7 Å². The smallest absolute Gasteiger partial charge is 0.252 e. The third kappa shape index (κ3) is 3.26. The first-order chi connectivity index (χ1) is 13.1. The fraction of sp³-hybridized carbons (Fsp3) is 0.222. The molecule has 0 atom stereocenters. The number of aromatic nitrogens is 4. The highest BCUT2D eigenvalue weighted by atomic mass is 32.1. The maximum Gasteiger partial charge on any atom is 0.252 e. The minimum absolute atomic E-state index is 0.0268. The van der Waals surface area contributed by atoms with Crippen molar-refractivity contribution in [1.29, 1.82) is 0 Å². The Hall–Kier alpha value is -2.91. The molecule has 4 aromatic rings. The molecule has 1 N–H and O–H groups in total. The van der Waals surface area contributed by atoms with E-state index in [9.17, 15) is 4.39 Å². The number of aliphatic hydroxyl groups is 1. The van der Waals surface area contributed by atoms with Gasteiger partial charge in [0.1, 0.15) is 22.0 Å². The third-order valence-corrected chi connectivity index (χ3v) is 4.84. The number of fused-ring (bicyclic) bond motifs is 2. The zero-order valence-corrected chi connectivity index (χ0v) is 15.4. The molecule has 0 aliphatic carbocycles. The number of hydrogen-bond donors (Lipinski definition) is 1. The van der Waals surface area contributed by atoms with Crippen molar-refractivity contribution < 1.29 is 19.0 Å². The SMILES string of the molecule is COc1cnc2c(-c3nc4cc(F)c(OCCO)nc4s3)cc(C)cc2n1. The van der Waals surface area contributed by atoms with Crippen LogP contribution >= 0.6 is 11.3 Å². The monoisotopic (exact) mass is 386 g/mol. The number of hydrogen-bond acceptors (Lipinski definition) is 8. The number of thiazole rings is 1. The van der Waals surface area contributed by atoms with E-state index < -0.39 is 5.82 Å². The molecule has 0 aliphatic heterocycles. The molecule has 0 unspecified atom stereocenters. The zero-order valence-electron chi connectivity index (χ0n) is 14.6. The van der Waals surface area contributed by atoms with E-state index in [1.807, 2.05) is 19.1 Å². The van der Waals surface area contributed by atoms with Gasteiger partial charge in [-0.05, 0) is 24.6 Å². The van der Waals surface area contributed by atoms with E-state index >= 15 is 0 Å². The molecule has 0 saturated carbocycles. The number of nitrogens with zero attached hydrogens (tertiary/aromatic N) is 4. The Balaban J connectivity index is 1.86. The first-order valence-corrected chi connectivity index (χ1v) is 8.93. The lowest BCUT2D eigenvalue weighted by molar-refractivity contribution is 0.191. The van der Waals surface area contributed by atoms with Gasteiger partial charge in [-0.25, -0.2) is 19.3 Å². The highest BCUT2D eigenvalue weighted by Crippen LogP contribution is 2.35. The van der Waals surface area contributed by atoms with Crippen molar-refractivity contribution in [2.24, 2.45) is 0 Å². The first-order valence-electron chi connectivity index (χ1n) is 8.11. The van der Waals surface area contributed by atoms with Gasteiger partial charge < -0.3 is 14.6 Å². The molecule has 0 radical (unpaired) electrons. The molecule has 138 valence electrons. The molecule has 0 aliphatic rings. The highest BCUT2D eigenvalue weighted by Gasteiger charge is 2.16. The van der Waals surface area contributed by atoms with Crippen LogP contribution in [0.15, 0.2) is 24.4 Å². The van der Waals surface area contributed by atoms with Gasteiger partial charge in [0.05, 0.1) is 30.9 Å². The predicted octanol–water partition coefficient (Wildman–Crippen LogP) is 3.13. The van der Waals surface area contributed by atoms with E-state index in [1.54, 1.807) is 6.20 Å². The molecular formula is C18H15FN4O3S. The second kappa shape index (κ2) is 7.01. The Labute approximate surface area is 157 Å². The van der Waals surface area contributed by atoms with E-state index in [1.165, 1.54) is 24.5 Å². The molecule has 9 heteroatoms. The summed E-state index contributed by atoms with van der Waals surface area (Å²) < 4.78 is 24.4. The summed E-state index contributed by atoms with van der Waals surface area (Å²) in [6.45, 7) is 1.71. The summed E-state index contributed by atoms with van der Waals surface area (Å²) in [6, 6.07) is 5.16. The number of benzene rings is 1. The number of halogens is 1. The summed E-state index contributed by atoms with van der Waals surface area (Å²) in [5, 5.41) is 9.50. The van der Waals surface area contributed by atoms with E-state index in [4.69, 9.17) is 14.6 Å². The van der Waals surface area contributed by atoms with Crippen LogP contribution < -0.4 is 9.47 Å². The molecule has 0 fully saturated rings. The van der Waals surface area contributed by atoms with Crippen molar-refractivity contribution in [3.05, 3.63) is 35.8 Å². The molecular weight excluding hydrogens is 371 g/mol. The van der Waals surface area contributed by atoms with Crippen LogP contribution in [0.1, 0.15) is 5.56 Å². The van der Waals surface area contributed by atoms with Crippen molar-refractivity contribution in [1.82, 2.24) is 19.9 Å². The van der Waals surface area contributed by atoms with Crippen molar-refractivity contribution in [3.8, 4) is 22.3 Å². The summed E-state index contributed by atoms with van der Waals surface area (Å²) in [5.74, 6) is -0.338. The van der Waals surface area contributed by atoms with Gasteiger partial charge in [0.15, 0.2) is 5.82 Å². The molecule has 0 amide bonds. The van der Waals surface area contributed by atoms with Crippen LogP contribution in [-0.4, -0.2) is 45.4 Å². The van der Waals surface area contributed by atoms with Crippen LogP contribution in [0.2, 0.25) is 0 Å². The van der Waals surface area contributed by atoms with Crippen molar-refractivity contribution >= 4 is 32.7 Å². The normalized spacial score (nSPS) is 11.3. The average molecular weight is 386 g/mol. The lowest BCUT2D eigenvalue weighted by Gasteiger charge is -2.06. The second-order valence-electron chi connectivity index (χ2n) is 5.78. The second-order valence-corrected chi connectivity index (χ2v) is 6.76. The van der Waals surface area contributed by atoms with E-state index in [2.05, 4.69) is 19.9 Å². The average Bonchev–Trinajstić information content (AvgIpc) is 3.07. The highest BCUT2D eigenvalue weighted by molar-refractivity contribution is 7.21. The largest absolute Gasteiger partial charge is 0.480 e. The third-order valence-electron chi connectivity index (χ3n) is 3.84. The fourth-order valence-corrected chi connectivity index (χ4v) is 3.62. The molecule has 0 spiro atoms. The topological polar surface area (TPSA) is 90.3 Å². The Kier molecular flexibility index (Phi) is 4.54. The summed E-state index contributed by atoms with van der Waals surface area (Å²) in [4.78, 5) is 18.1. The van der Waals surface area contributed by atoms with E-state index in [-0.39, 0.29) is 19.1 Å². The molecule has 0 saturated heterocycles. The van der Waals surface area contributed by atoms with Gasteiger partial charge in [0.2, 0.25) is 5.88 Å². The van der Waals surface area contributed by atoms with Crippen LogP contribution in [0.5, 0.6) is 11.8 Å². The molecule has 3 heterocycles. The van der Waals surface area contributed by atoms with Gasteiger partial charge in [-0.2, -0.15) is 4.98 Å². The summed E-state index contributed by atoms with van der Waals surface area (Å²) in [5.41, 5.74) is 3.58. The van der Waals surface area contributed by atoms with Crippen molar-refractivity contribution in [3.63, 3.8) is 0 Å². The van der Waals surface area contributed by atoms with E-state index in [0.717, 1.165) is 11.1 Å². The minimum Gasteiger partial charge on any atom is -0.480 e. The van der Waals surface area contributed by atoms with Gasteiger partial charge in [-0.1, -0.05) is 11.3 Å². The van der Waals surface area contributed by atoms with Crippen LogP contribution in [-0.2, 0) is 0 Å². The zero-order chi connectivity index (χ0) is 19.0. The first kappa shape index (κ1) is 17.5. The van der Waals surface area contributed by atoms with Crippen molar-refractivity contribution in [2.75, 3.05) is 20.3 Å². The summed E-state index contributed by atoms with van der Waals surface area (Å²) in [7, 11) is 1.54. The number of aryl methyl sites for hydroxylation is 1. The fourth-order valence-electron chi connectivity index (χ4n) is 2.69. The number of methoxy groups -OCH3 is 1. The van der Waals surface area contributed by atoms with Crippen molar-refractivity contribution in [2.45, 2.75) is 6.92 Å². The number of pyridine rings is 1. The van der Waals surface area contributed by atoms with Gasteiger partial charge in [-0.3, -0.25) is 0 Å². The molecule has 4 rings (SSSR count). The van der Waals surface area contributed by atoms with Crippen LogP contribution in [0.3, 0.4) is 0 Å². The lowest BCUT2D eigenvalue weighted by Crippen LogP contribution is -2.04.